The van der Waals surface area contributed by atoms with E-state index < -0.39 is 45.0 Å². The maximum Gasteiger partial charge on any atom is 0.338 e. The minimum Gasteiger partial charge on any atom is -0.453 e. The van der Waals surface area contributed by atoms with Gasteiger partial charge in [0.1, 0.15) is 18.3 Å². The lowest BCUT2D eigenvalue weighted by atomic mass is 9.99. The first-order valence-corrected chi connectivity index (χ1v) is 15.0. The van der Waals surface area contributed by atoms with Crippen LogP contribution in [0.4, 0.5) is 0 Å². The number of hydrogen-bond donors (Lipinski definition) is 1. The Morgan fingerprint density at radius 3 is 2.38 bits per heavy atom. The number of aliphatic hydroxyl groups is 1. The molecule has 0 saturated carbocycles. The Morgan fingerprint density at radius 1 is 1.16 bits per heavy atom. The summed E-state index contributed by atoms with van der Waals surface area (Å²) in [6.07, 6.45) is -3.46. The second kappa shape index (κ2) is 12.1. The van der Waals surface area contributed by atoms with Gasteiger partial charge in [-0.3, -0.25) is 0 Å². The maximum atomic E-state index is 12.7. The molecular formula is C23H37BrO7Si. The van der Waals surface area contributed by atoms with E-state index in [9.17, 15) is 9.90 Å². The van der Waals surface area contributed by atoms with E-state index in [1.807, 2.05) is 6.07 Å². The number of rotatable bonds is 10. The molecule has 1 heterocycles. The largest absolute Gasteiger partial charge is 0.453 e. The van der Waals surface area contributed by atoms with Crippen LogP contribution in [0.5, 0.6) is 0 Å². The monoisotopic (exact) mass is 532 g/mol. The van der Waals surface area contributed by atoms with Gasteiger partial charge in [-0.15, -0.1) is 0 Å². The SMILES string of the molecule is CO[C@H]1O[C@H](CBr)[C@@H](OC(=O)c2ccccc2)[C@@H](OCCCO[Si](C)(C)C(C)(C)C)[C@@H]1O. The zero-order valence-corrected chi connectivity index (χ0v) is 22.5. The van der Waals surface area contributed by atoms with Crippen molar-refractivity contribution >= 4 is 30.2 Å². The topological polar surface area (TPSA) is 83.5 Å². The average Bonchev–Trinajstić information content (AvgIpc) is 2.75. The molecule has 2 rings (SSSR count). The minimum atomic E-state index is -1.83. The Kier molecular flexibility index (Phi) is 10.3. The minimum absolute atomic E-state index is 0.135. The van der Waals surface area contributed by atoms with E-state index in [1.54, 1.807) is 24.3 Å². The fourth-order valence-electron chi connectivity index (χ4n) is 3.13. The van der Waals surface area contributed by atoms with Crippen molar-refractivity contribution in [2.24, 2.45) is 0 Å². The Balaban J connectivity index is 2.04. The van der Waals surface area contributed by atoms with Gasteiger partial charge >= 0.3 is 5.97 Å². The summed E-state index contributed by atoms with van der Waals surface area (Å²) in [5.74, 6) is -0.497. The molecule has 1 N–H and O–H groups in total. The third kappa shape index (κ3) is 7.09. The number of benzene rings is 1. The van der Waals surface area contributed by atoms with E-state index in [0.29, 0.717) is 30.5 Å². The summed E-state index contributed by atoms with van der Waals surface area (Å²) in [5.41, 5.74) is 0.422. The van der Waals surface area contributed by atoms with Crippen LogP contribution in [0.15, 0.2) is 30.3 Å². The van der Waals surface area contributed by atoms with Crippen LogP contribution < -0.4 is 0 Å². The van der Waals surface area contributed by atoms with Gasteiger partial charge in [0.05, 0.1) is 5.56 Å². The molecule has 1 aliphatic heterocycles. The molecule has 32 heavy (non-hydrogen) atoms. The average molecular weight is 534 g/mol. The van der Waals surface area contributed by atoms with E-state index in [0.717, 1.165) is 0 Å². The van der Waals surface area contributed by atoms with Gasteiger partial charge in [0.2, 0.25) is 0 Å². The highest BCUT2D eigenvalue weighted by molar-refractivity contribution is 9.09. The molecule has 9 heteroatoms. The standard InChI is InChI=1S/C23H37BrO7Si/c1-23(2,3)32(5,6)29-14-10-13-28-20-18(25)22(27-4)30-17(15-24)19(20)31-21(26)16-11-8-7-9-12-16/h7-9,11-12,17-20,22,25H,10,13-15H2,1-6H3/t17-,18+,19-,20+,22+/m1/s1. The van der Waals surface area contributed by atoms with E-state index >= 15 is 0 Å². The van der Waals surface area contributed by atoms with Crippen LogP contribution in [0, 0.1) is 0 Å². The molecule has 0 bridgehead atoms. The van der Waals surface area contributed by atoms with Crippen molar-refractivity contribution < 1.29 is 33.3 Å². The van der Waals surface area contributed by atoms with E-state index in [4.69, 9.17) is 23.4 Å². The molecule has 182 valence electrons. The summed E-state index contributed by atoms with van der Waals surface area (Å²) < 4.78 is 29.1. The van der Waals surface area contributed by atoms with Crippen LogP contribution >= 0.6 is 15.9 Å². The molecule has 0 amide bonds. The molecule has 0 spiro atoms. The molecule has 0 aliphatic carbocycles. The molecule has 0 aromatic heterocycles. The molecule has 1 aromatic carbocycles. The Hall–Kier alpha value is -0.813. The van der Waals surface area contributed by atoms with Gasteiger partial charge in [-0.25, -0.2) is 4.79 Å². The summed E-state index contributed by atoms with van der Waals surface area (Å²) in [6.45, 7) is 11.9. The van der Waals surface area contributed by atoms with Gasteiger partial charge in [-0.2, -0.15) is 0 Å². The summed E-state index contributed by atoms with van der Waals surface area (Å²) >= 11 is 3.41. The Morgan fingerprint density at radius 2 is 1.81 bits per heavy atom. The first kappa shape index (κ1) is 27.4. The summed E-state index contributed by atoms with van der Waals surface area (Å²) in [7, 11) is -0.377. The molecule has 1 aliphatic rings. The number of ether oxygens (including phenoxy) is 4. The second-order valence-electron chi connectivity index (χ2n) is 9.46. The number of methoxy groups -OCH3 is 1. The molecule has 0 radical (unpaired) electrons. The van der Waals surface area contributed by atoms with Gasteiger partial charge in [-0.05, 0) is 36.7 Å². The molecule has 0 unspecified atom stereocenters. The first-order chi connectivity index (χ1) is 15.0. The van der Waals surface area contributed by atoms with Crippen molar-refractivity contribution in [1.29, 1.82) is 0 Å². The maximum absolute atomic E-state index is 12.7. The van der Waals surface area contributed by atoms with Crippen molar-refractivity contribution in [1.82, 2.24) is 0 Å². The van der Waals surface area contributed by atoms with Crippen LogP contribution in [-0.2, 0) is 23.4 Å². The fourth-order valence-corrected chi connectivity index (χ4v) is 4.74. The number of carbonyl (C=O) groups excluding carboxylic acids is 1. The fraction of sp³-hybridized carbons (Fsp3) is 0.696. The van der Waals surface area contributed by atoms with Crippen molar-refractivity contribution in [3.63, 3.8) is 0 Å². The number of aliphatic hydroxyl groups excluding tert-OH is 1. The summed E-state index contributed by atoms with van der Waals surface area (Å²) in [6, 6.07) is 8.71. The van der Waals surface area contributed by atoms with Crippen LogP contribution in [0.1, 0.15) is 37.6 Å². The van der Waals surface area contributed by atoms with Crippen LogP contribution in [0.3, 0.4) is 0 Å². The number of alkyl halides is 1. The molecule has 5 atom stereocenters. The van der Waals surface area contributed by atoms with Gasteiger partial charge < -0.3 is 28.5 Å². The van der Waals surface area contributed by atoms with Crippen molar-refractivity contribution in [3.8, 4) is 0 Å². The molecular weight excluding hydrogens is 496 g/mol. The smallest absolute Gasteiger partial charge is 0.338 e. The zero-order chi connectivity index (χ0) is 23.9. The van der Waals surface area contributed by atoms with Gasteiger partial charge in [0.25, 0.3) is 0 Å². The van der Waals surface area contributed by atoms with Crippen molar-refractivity contribution in [2.75, 3.05) is 25.7 Å². The number of carbonyl (C=O) groups is 1. The van der Waals surface area contributed by atoms with Crippen molar-refractivity contribution in [2.45, 2.75) is 76.0 Å². The molecule has 7 nitrogen and oxygen atoms in total. The highest BCUT2D eigenvalue weighted by Gasteiger charge is 2.48. The molecule has 1 saturated heterocycles. The third-order valence-electron chi connectivity index (χ3n) is 6.12. The summed E-state index contributed by atoms with van der Waals surface area (Å²) in [5, 5.41) is 11.3. The first-order valence-electron chi connectivity index (χ1n) is 11.0. The lowest BCUT2D eigenvalue weighted by molar-refractivity contribution is -0.291. The Bertz CT molecular complexity index is 710. The lowest BCUT2D eigenvalue weighted by Gasteiger charge is -2.43. The lowest BCUT2D eigenvalue weighted by Crippen LogP contribution is -2.60. The van der Waals surface area contributed by atoms with E-state index in [-0.39, 0.29) is 5.04 Å². The van der Waals surface area contributed by atoms with E-state index in [2.05, 4.69) is 49.8 Å². The van der Waals surface area contributed by atoms with Crippen LogP contribution in [0.25, 0.3) is 0 Å². The van der Waals surface area contributed by atoms with Gasteiger partial charge in [0, 0.05) is 25.7 Å². The highest BCUT2D eigenvalue weighted by Crippen LogP contribution is 2.36. The highest BCUT2D eigenvalue weighted by atomic mass is 79.9. The Labute approximate surface area is 201 Å². The van der Waals surface area contributed by atoms with Crippen LogP contribution in [-0.4, -0.2) is 75.8 Å². The number of halogens is 1. The molecule has 1 aromatic rings. The van der Waals surface area contributed by atoms with Gasteiger partial charge in [-0.1, -0.05) is 54.9 Å². The van der Waals surface area contributed by atoms with Crippen LogP contribution in [0.2, 0.25) is 18.1 Å². The number of esters is 1. The quantitative estimate of drug-likeness (QED) is 0.210. The van der Waals surface area contributed by atoms with E-state index in [1.165, 1.54) is 7.11 Å². The second-order valence-corrected chi connectivity index (χ2v) is 14.9. The predicted molar refractivity (Wildman–Crippen MR) is 129 cm³/mol. The third-order valence-corrected chi connectivity index (χ3v) is 11.3. The van der Waals surface area contributed by atoms with Gasteiger partial charge in [0.15, 0.2) is 20.7 Å². The normalized spacial score (nSPS) is 26.7. The number of hydrogen-bond acceptors (Lipinski definition) is 7. The van der Waals surface area contributed by atoms with Crippen molar-refractivity contribution in [3.05, 3.63) is 35.9 Å². The zero-order valence-electron chi connectivity index (χ0n) is 19.9. The predicted octanol–water partition coefficient (Wildman–Crippen LogP) is 4.14. The summed E-state index contributed by atoms with van der Waals surface area (Å²) in [4.78, 5) is 12.7. The molecule has 1 fully saturated rings.